The lowest BCUT2D eigenvalue weighted by molar-refractivity contribution is -0.198. The fraction of sp³-hybridized carbons (Fsp3) is 0.909. The van der Waals surface area contributed by atoms with Gasteiger partial charge in [0.2, 0.25) is 0 Å². The van der Waals surface area contributed by atoms with Crippen molar-refractivity contribution in [3.8, 4) is 0 Å². The van der Waals surface area contributed by atoms with Gasteiger partial charge in [0, 0.05) is 0 Å². The number of halogens is 3. The van der Waals surface area contributed by atoms with Crippen molar-refractivity contribution in [1.29, 1.82) is 0 Å². The van der Waals surface area contributed by atoms with Gasteiger partial charge in [0.25, 0.3) is 0 Å². The number of hydrogen-bond acceptors (Lipinski definition) is 1. The van der Waals surface area contributed by atoms with Crippen molar-refractivity contribution in [1.82, 2.24) is 0 Å². The normalized spacial score (nSPS) is 28.8. The molecule has 1 N–H and O–H groups in total. The SMILES string of the molecule is CC1CCC(C(CC(=O)O)C(F)(F)F)CC1. The maximum absolute atomic E-state index is 12.7. The summed E-state index contributed by atoms with van der Waals surface area (Å²) in [5.74, 6) is -3.07. The summed E-state index contributed by atoms with van der Waals surface area (Å²) in [4.78, 5) is 10.5. The second-order valence-electron chi connectivity index (χ2n) is 4.77. The number of aliphatic carboxylic acids is 1. The molecular formula is C11H17F3O2. The number of carboxylic acids is 1. The van der Waals surface area contributed by atoms with Crippen LogP contribution in [0.25, 0.3) is 0 Å². The van der Waals surface area contributed by atoms with Crippen molar-refractivity contribution in [2.75, 3.05) is 0 Å². The van der Waals surface area contributed by atoms with E-state index < -0.39 is 30.4 Å². The lowest BCUT2D eigenvalue weighted by atomic mass is 9.75. The van der Waals surface area contributed by atoms with Crippen molar-refractivity contribution >= 4 is 5.97 Å². The molecule has 1 aliphatic rings. The van der Waals surface area contributed by atoms with E-state index in [4.69, 9.17) is 5.11 Å². The van der Waals surface area contributed by atoms with E-state index in [1.807, 2.05) is 6.92 Å². The summed E-state index contributed by atoms with van der Waals surface area (Å²) >= 11 is 0. The third-order valence-electron chi connectivity index (χ3n) is 3.44. The predicted octanol–water partition coefficient (Wildman–Crippen LogP) is 3.47. The molecule has 1 aliphatic carbocycles. The van der Waals surface area contributed by atoms with E-state index in [0.29, 0.717) is 18.8 Å². The third kappa shape index (κ3) is 3.68. The minimum atomic E-state index is -4.39. The molecule has 0 heterocycles. The molecule has 1 fully saturated rings. The number of hydrogen-bond donors (Lipinski definition) is 1. The van der Waals surface area contributed by atoms with Gasteiger partial charge in [-0.15, -0.1) is 0 Å². The smallest absolute Gasteiger partial charge is 0.392 e. The molecule has 1 saturated carbocycles. The van der Waals surface area contributed by atoms with Crippen LogP contribution in [-0.4, -0.2) is 17.3 Å². The Labute approximate surface area is 92.8 Å². The quantitative estimate of drug-likeness (QED) is 0.817. The van der Waals surface area contributed by atoms with Gasteiger partial charge in [-0.3, -0.25) is 4.79 Å². The van der Waals surface area contributed by atoms with E-state index >= 15 is 0 Å². The van der Waals surface area contributed by atoms with Crippen LogP contribution in [-0.2, 0) is 4.79 Å². The Morgan fingerprint density at radius 1 is 1.31 bits per heavy atom. The van der Waals surface area contributed by atoms with Crippen LogP contribution >= 0.6 is 0 Å². The fourth-order valence-corrected chi connectivity index (χ4v) is 2.43. The van der Waals surface area contributed by atoms with Crippen LogP contribution in [0, 0.1) is 17.8 Å². The first-order chi connectivity index (χ1) is 7.30. The summed E-state index contributed by atoms with van der Waals surface area (Å²) in [6.45, 7) is 2.02. The summed E-state index contributed by atoms with van der Waals surface area (Å²) < 4.78 is 38.1. The van der Waals surface area contributed by atoms with Crippen molar-refractivity contribution in [3.05, 3.63) is 0 Å². The van der Waals surface area contributed by atoms with Crippen LogP contribution in [0.15, 0.2) is 0 Å². The van der Waals surface area contributed by atoms with Crippen LogP contribution < -0.4 is 0 Å². The van der Waals surface area contributed by atoms with Gasteiger partial charge < -0.3 is 5.11 Å². The molecule has 0 bridgehead atoms. The second kappa shape index (κ2) is 5.06. The summed E-state index contributed by atoms with van der Waals surface area (Å²) in [7, 11) is 0. The Bertz CT molecular complexity index is 242. The molecule has 1 atom stereocenters. The fourth-order valence-electron chi connectivity index (χ4n) is 2.43. The van der Waals surface area contributed by atoms with Gasteiger partial charge in [-0.25, -0.2) is 0 Å². The van der Waals surface area contributed by atoms with E-state index in [9.17, 15) is 18.0 Å². The van der Waals surface area contributed by atoms with Gasteiger partial charge in [0.05, 0.1) is 12.3 Å². The minimum absolute atomic E-state index is 0.468. The number of rotatable bonds is 3. The highest BCUT2D eigenvalue weighted by molar-refractivity contribution is 5.67. The van der Waals surface area contributed by atoms with Gasteiger partial charge >= 0.3 is 12.1 Å². The average molecular weight is 238 g/mol. The predicted molar refractivity (Wildman–Crippen MR) is 52.9 cm³/mol. The minimum Gasteiger partial charge on any atom is -0.481 e. The molecule has 2 nitrogen and oxygen atoms in total. The third-order valence-corrected chi connectivity index (χ3v) is 3.44. The molecule has 94 valence electrons. The molecule has 0 amide bonds. The zero-order valence-electron chi connectivity index (χ0n) is 9.26. The zero-order valence-corrected chi connectivity index (χ0v) is 9.26. The van der Waals surface area contributed by atoms with Gasteiger partial charge in [-0.2, -0.15) is 13.2 Å². The number of carbonyl (C=O) groups is 1. The molecule has 5 heteroatoms. The molecule has 0 aromatic heterocycles. The maximum atomic E-state index is 12.7. The highest BCUT2D eigenvalue weighted by atomic mass is 19.4. The van der Waals surface area contributed by atoms with E-state index in [1.165, 1.54) is 0 Å². The molecule has 0 aromatic rings. The van der Waals surface area contributed by atoms with E-state index in [2.05, 4.69) is 0 Å². The number of carboxylic acid groups (broad SMARTS) is 1. The van der Waals surface area contributed by atoms with E-state index in [-0.39, 0.29) is 0 Å². The summed E-state index contributed by atoms with van der Waals surface area (Å²) in [6.07, 6.45) is -2.63. The van der Waals surface area contributed by atoms with Crippen LogP contribution in [0.4, 0.5) is 13.2 Å². The highest BCUT2D eigenvalue weighted by Gasteiger charge is 2.46. The van der Waals surface area contributed by atoms with Crippen molar-refractivity contribution in [3.63, 3.8) is 0 Å². The van der Waals surface area contributed by atoms with Gasteiger partial charge in [0.1, 0.15) is 0 Å². The van der Waals surface area contributed by atoms with Crippen LogP contribution in [0.3, 0.4) is 0 Å². The van der Waals surface area contributed by atoms with Crippen molar-refractivity contribution in [2.45, 2.75) is 45.2 Å². The Morgan fingerprint density at radius 3 is 2.19 bits per heavy atom. The first kappa shape index (κ1) is 13.3. The van der Waals surface area contributed by atoms with Crippen molar-refractivity contribution in [2.24, 2.45) is 17.8 Å². The zero-order chi connectivity index (χ0) is 12.3. The Morgan fingerprint density at radius 2 is 1.81 bits per heavy atom. The first-order valence-corrected chi connectivity index (χ1v) is 5.59. The lowest BCUT2D eigenvalue weighted by Gasteiger charge is -2.33. The number of alkyl halides is 3. The summed E-state index contributed by atoms with van der Waals surface area (Å²) in [5, 5.41) is 8.53. The second-order valence-corrected chi connectivity index (χ2v) is 4.77. The average Bonchev–Trinajstić information content (AvgIpc) is 2.14. The van der Waals surface area contributed by atoms with E-state index in [1.54, 1.807) is 0 Å². The summed E-state index contributed by atoms with van der Waals surface area (Å²) in [6, 6.07) is 0. The first-order valence-electron chi connectivity index (χ1n) is 5.59. The molecule has 0 aromatic carbocycles. The maximum Gasteiger partial charge on any atom is 0.392 e. The van der Waals surface area contributed by atoms with Gasteiger partial charge in [-0.1, -0.05) is 19.8 Å². The molecule has 0 radical (unpaired) electrons. The molecule has 16 heavy (non-hydrogen) atoms. The van der Waals surface area contributed by atoms with Crippen molar-refractivity contribution < 1.29 is 23.1 Å². The lowest BCUT2D eigenvalue weighted by Crippen LogP contribution is -2.34. The van der Waals surface area contributed by atoms with Gasteiger partial charge in [0.15, 0.2) is 0 Å². The monoisotopic (exact) mass is 238 g/mol. The molecule has 1 unspecified atom stereocenters. The molecular weight excluding hydrogens is 221 g/mol. The molecule has 0 saturated heterocycles. The Hall–Kier alpha value is -0.740. The van der Waals surface area contributed by atoms with Crippen LogP contribution in [0.5, 0.6) is 0 Å². The largest absolute Gasteiger partial charge is 0.481 e. The standard InChI is InChI=1S/C11H17F3O2/c1-7-2-4-8(5-3-7)9(6-10(15)16)11(12,13)14/h7-9H,2-6H2,1H3,(H,15,16). The topological polar surface area (TPSA) is 37.3 Å². The Balaban J connectivity index is 2.65. The molecule has 1 rings (SSSR count). The van der Waals surface area contributed by atoms with Crippen LogP contribution in [0.2, 0.25) is 0 Å². The molecule has 0 spiro atoms. The Kier molecular flexibility index (Phi) is 4.21. The van der Waals surface area contributed by atoms with Crippen LogP contribution in [0.1, 0.15) is 39.0 Å². The molecule has 0 aliphatic heterocycles. The van der Waals surface area contributed by atoms with Gasteiger partial charge in [-0.05, 0) is 24.7 Å². The summed E-state index contributed by atoms with van der Waals surface area (Å²) in [5.41, 5.74) is 0. The highest BCUT2D eigenvalue weighted by Crippen LogP contribution is 2.42. The van der Waals surface area contributed by atoms with E-state index in [0.717, 1.165) is 12.8 Å².